The molecule has 2 N–H and O–H groups in total. The number of carboxylic acid groups (broad SMARTS) is 1. The van der Waals surface area contributed by atoms with E-state index in [9.17, 15) is 13.2 Å². The van der Waals surface area contributed by atoms with Gasteiger partial charge in [-0.25, -0.2) is 13.2 Å². The van der Waals surface area contributed by atoms with Crippen molar-refractivity contribution >= 4 is 21.7 Å². The first-order valence-electron chi connectivity index (χ1n) is 4.90. The molecule has 0 fully saturated rings. The lowest BCUT2D eigenvalue weighted by molar-refractivity contribution is 0.0663. The molecule has 1 rings (SSSR count). The number of carboxylic acids is 1. The number of nitrogens with one attached hydrogen (secondary N) is 1. The largest absolute Gasteiger partial charge is 0.475 e. The summed E-state index contributed by atoms with van der Waals surface area (Å²) in [7, 11) is -3.20. The molecule has 0 saturated heterocycles. The molecule has 0 aliphatic carbocycles. The number of furan rings is 1. The third kappa shape index (κ3) is 3.23. The monoisotopic (exact) mass is 261 g/mol. The predicted octanol–water partition coefficient (Wildman–Crippen LogP) is 1.21. The van der Waals surface area contributed by atoms with Crippen molar-refractivity contribution in [3.05, 3.63) is 17.9 Å². The highest BCUT2D eigenvalue weighted by Gasteiger charge is 2.30. The van der Waals surface area contributed by atoms with Crippen molar-refractivity contribution in [2.24, 2.45) is 0 Å². The summed E-state index contributed by atoms with van der Waals surface area (Å²) in [6.07, 6.45) is 1.15. The van der Waals surface area contributed by atoms with Gasteiger partial charge in [-0.3, -0.25) is 0 Å². The third-order valence-corrected chi connectivity index (χ3v) is 4.66. The third-order valence-electron chi connectivity index (χ3n) is 2.51. The SMILES string of the molecule is CC(C)(CNc1ccc(C(=O)O)o1)S(C)(=O)=O. The lowest BCUT2D eigenvalue weighted by Gasteiger charge is -2.22. The molecule has 0 aliphatic heterocycles. The van der Waals surface area contributed by atoms with E-state index in [0.29, 0.717) is 0 Å². The van der Waals surface area contributed by atoms with Gasteiger partial charge in [0.05, 0.1) is 4.75 Å². The maximum Gasteiger partial charge on any atom is 0.371 e. The van der Waals surface area contributed by atoms with Gasteiger partial charge < -0.3 is 14.8 Å². The Kier molecular flexibility index (Phi) is 3.51. The van der Waals surface area contributed by atoms with Gasteiger partial charge in [0.25, 0.3) is 0 Å². The number of hydrogen-bond acceptors (Lipinski definition) is 5. The summed E-state index contributed by atoms with van der Waals surface area (Å²) >= 11 is 0. The van der Waals surface area contributed by atoms with Crippen LogP contribution in [0.2, 0.25) is 0 Å². The van der Waals surface area contributed by atoms with Crippen LogP contribution in [-0.4, -0.2) is 37.0 Å². The molecule has 0 bridgehead atoms. The van der Waals surface area contributed by atoms with Gasteiger partial charge in [0, 0.05) is 18.9 Å². The van der Waals surface area contributed by atoms with Gasteiger partial charge in [-0.1, -0.05) is 0 Å². The summed E-state index contributed by atoms with van der Waals surface area (Å²) in [6.45, 7) is 3.30. The molecule has 0 aromatic carbocycles. The quantitative estimate of drug-likeness (QED) is 0.827. The van der Waals surface area contributed by atoms with Gasteiger partial charge in [-0.05, 0) is 19.9 Å². The zero-order valence-electron chi connectivity index (χ0n) is 9.85. The van der Waals surface area contributed by atoms with Crippen LogP contribution < -0.4 is 5.32 Å². The normalized spacial score (nSPS) is 12.4. The Morgan fingerprint density at radius 1 is 1.47 bits per heavy atom. The maximum absolute atomic E-state index is 11.4. The second-order valence-electron chi connectivity index (χ2n) is 4.35. The van der Waals surface area contributed by atoms with E-state index in [4.69, 9.17) is 9.52 Å². The molecular formula is C10H15NO5S. The van der Waals surface area contributed by atoms with E-state index in [1.54, 1.807) is 13.8 Å². The van der Waals surface area contributed by atoms with Crippen LogP contribution in [0.3, 0.4) is 0 Å². The topological polar surface area (TPSA) is 96.6 Å². The van der Waals surface area contributed by atoms with Gasteiger partial charge in [0.1, 0.15) is 0 Å². The van der Waals surface area contributed by atoms with Crippen LogP contribution in [0, 0.1) is 0 Å². The zero-order chi connectivity index (χ0) is 13.3. The van der Waals surface area contributed by atoms with Crippen LogP contribution in [0.1, 0.15) is 24.4 Å². The number of aromatic carboxylic acids is 1. The molecule has 1 aromatic heterocycles. The zero-order valence-corrected chi connectivity index (χ0v) is 10.7. The predicted molar refractivity (Wildman–Crippen MR) is 63.1 cm³/mol. The molecule has 1 aromatic rings. The summed E-state index contributed by atoms with van der Waals surface area (Å²) < 4.78 is 26.8. The average Bonchev–Trinajstić information content (AvgIpc) is 2.61. The van der Waals surface area contributed by atoms with Crippen LogP contribution in [0.25, 0.3) is 0 Å². The number of carbonyl (C=O) groups is 1. The van der Waals surface area contributed by atoms with Crippen molar-refractivity contribution in [3.8, 4) is 0 Å². The molecular weight excluding hydrogens is 246 g/mol. The fourth-order valence-electron chi connectivity index (χ4n) is 0.979. The van der Waals surface area contributed by atoms with Gasteiger partial charge in [0.15, 0.2) is 15.7 Å². The Hall–Kier alpha value is -1.50. The molecule has 0 saturated carbocycles. The number of sulfone groups is 1. The molecule has 0 atom stereocenters. The standard InChI is InChI=1S/C10H15NO5S/c1-10(2,17(3,14)15)6-11-8-5-4-7(16-8)9(12)13/h4-5,11H,6H2,1-3H3,(H,12,13). The van der Waals surface area contributed by atoms with Gasteiger partial charge in [0.2, 0.25) is 5.76 Å². The smallest absolute Gasteiger partial charge is 0.371 e. The lowest BCUT2D eigenvalue weighted by Crippen LogP contribution is -2.38. The summed E-state index contributed by atoms with van der Waals surface area (Å²) in [4.78, 5) is 10.6. The summed E-state index contributed by atoms with van der Waals surface area (Å²) in [5.74, 6) is -1.12. The Labute approximate surface area is 99.5 Å². The first-order chi connectivity index (χ1) is 7.63. The van der Waals surface area contributed by atoms with Crippen molar-refractivity contribution in [1.29, 1.82) is 0 Å². The summed E-state index contributed by atoms with van der Waals surface area (Å²) in [5, 5.41) is 11.4. The van der Waals surface area contributed by atoms with Crippen LogP contribution in [0.15, 0.2) is 16.5 Å². The van der Waals surface area contributed by atoms with Crippen molar-refractivity contribution in [1.82, 2.24) is 0 Å². The van der Waals surface area contributed by atoms with E-state index in [-0.39, 0.29) is 18.2 Å². The Morgan fingerprint density at radius 3 is 2.47 bits per heavy atom. The fraction of sp³-hybridized carbons (Fsp3) is 0.500. The highest BCUT2D eigenvalue weighted by molar-refractivity contribution is 7.92. The van der Waals surface area contributed by atoms with Crippen molar-refractivity contribution in [2.45, 2.75) is 18.6 Å². The average molecular weight is 261 g/mol. The molecule has 0 aliphatic rings. The first-order valence-corrected chi connectivity index (χ1v) is 6.79. The van der Waals surface area contributed by atoms with Crippen molar-refractivity contribution < 1.29 is 22.7 Å². The van der Waals surface area contributed by atoms with E-state index in [2.05, 4.69) is 5.32 Å². The molecule has 17 heavy (non-hydrogen) atoms. The highest BCUT2D eigenvalue weighted by Crippen LogP contribution is 2.18. The minimum absolute atomic E-state index is 0.137. The molecule has 6 nitrogen and oxygen atoms in total. The molecule has 0 unspecified atom stereocenters. The molecule has 0 radical (unpaired) electrons. The summed E-state index contributed by atoms with van der Waals surface area (Å²) in [5.41, 5.74) is 0. The molecule has 1 heterocycles. The Morgan fingerprint density at radius 2 is 2.06 bits per heavy atom. The van der Waals surface area contributed by atoms with Crippen LogP contribution >= 0.6 is 0 Å². The number of hydrogen-bond donors (Lipinski definition) is 2. The van der Waals surface area contributed by atoms with E-state index < -0.39 is 20.6 Å². The number of anilines is 1. The first kappa shape index (κ1) is 13.6. The maximum atomic E-state index is 11.4. The molecule has 0 spiro atoms. The fourth-order valence-corrected chi connectivity index (χ4v) is 1.31. The molecule has 96 valence electrons. The van der Waals surface area contributed by atoms with E-state index in [1.807, 2.05) is 0 Å². The van der Waals surface area contributed by atoms with E-state index >= 15 is 0 Å². The van der Waals surface area contributed by atoms with Crippen LogP contribution in [0.4, 0.5) is 5.88 Å². The lowest BCUT2D eigenvalue weighted by atomic mass is 10.2. The summed E-state index contributed by atoms with van der Waals surface area (Å²) in [6, 6.07) is 2.75. The molecule has 7 heteroatoms. The van der Waals surface area contributed by atoms with Gasteiger partial charge in [-0.15, -0.1) is 0 Å². The molecule has 0 amide bonds. The van der Waals surface area contributed by atoms with Crippen LogP contribution in [-0.2, 0) is 9.84 Å². The van der Waals surface area contributed by atoms with Gasteiger partial charge in [-0.2, -0.15) is 0 Å². The van der Waals surface area contributed by atoms with E-state index in [0.717, 1.165) is 6.26 Å². The Balaban J connectivity index is 2.71. The van der Waals surface area contributed by atoms with Crippen molar-refractivity contribution in [3.63, 3.8) is 0 Å². The highest BCUT2D eigenvalue weighted by atomic mass is 32.2. The van der Waals surface area contributed by atoms with Crippen LogP contribution in [0.5, 0.6) is 0 Å². The minimum atomic E-state index is -3.20. The van der Waals surface area contributed by atoms with Crippen molar-refractivity contribution in [2.75, 3.05) is 18.1 Å². The second-order valence-corrected chi connectivity index (χ2v) is 7.00. The number of rotatable bonds is 5. The minimum Gasteiger partial charge on any atom is -0.475 e. The Bertz CT molecular complexity index is 515. The second kappa shape index (κ2) is 4.40. The van der Waals surface area contributed by atoms with E-state index in [1.165, 1.54) is 12.1 Å². The van der Waals surface area contributed by atoms with Gasteiger partial charge >= 0.3 is 5.97 Å².